The van der Waals surface area contributed by atoms with Gasteiger partial charge in [0.15, 0.2) is 5.54 Å². The SMILES string of the molecule is COC(=O)C(C)(Nc1ccc(Cl)cc1)c1ccc(Cl)cc1. The average molecular weight is 324 g/mol. The lowest BCUT2D eigenvalue weighted by Gasteiger charge is -2.29. The fourth-order valence-corrected chi connectivity index (χ4v) is 2.30. The summed E-state index contributed by atoms with van der Waals surface area (Å²) in [7, 11) is 1.36. The van der Waals surface area contributed by atoms with Gasteiger partial charge in [-0.15, -0.1) is 0 Å². The summed E-state index contributed by atoms with van der Waals surface area (Å²) in [4.78, 5) is 12.2. The van der Waals surface area contributed by atoms with Crippen molar-refractivity contribution in [1.82, 2.24) is 0 Å². The summed E-state index contributed by atoms with van der Waals surface area (Å²) in [5, 5.41) is 4.43. The van der Waals surface area contributed by atoms with E-state index in [0.29, 0.717) is 10.0 Å². The molecule has 1 atom stereocenters. The summed E-state index contributed by atoms with van der Waals surface area (Å²) >= 11 is 11.8. The molecule has 21 heavy (non-hydrogen) atoms. The monoisotopic (exact) mass is 323 g/mol. The van der Waals surface area contributed by atoms with Crippen molar-refractivity contribution < 1.29 is 9.53 Å². The van der Waals surface area contributed by atoms with Crippen molar-refractivity contribution in [2.45, 2.75) is 12.5 Å². The predicted molar refractivity (Wildman–Crippen MR) is 85.9 cm³/mol. The van der Waals surface area contributed by atoms with E-state index in [0.717, 1.165) is 11.3 Å². The maximum Gasteiger partial charge on any atom is 0.335 e. The number of methoxy groups -OCH3 is 1. The Balaban J connectivity index is 2.39. The van der Waals surface area contributed by atoms with E-state index in [2.05, 4.69) is 5.32 Å². The van der Waals surface area contributed by atoms with Gasteiger partial charge in [-0.3, -0.25) is 0 Å². The van der Waals surface area contributed by atoms with E-state index in [1.165, 1.54) is 7.11 Å². The van der Waals surface area contributed by atoms with Crippen LogP contribution in [0.1, 0.15) is 12.5 Å². The maximum atomic E-state index is 12.2. The van der Waals surface area contributed by atoms with E-state index in [1.807, 2.05) is 0 Å². The summed E-state index contributed by atoms with van der Waals surface area (Å²) in [5.74, 6) is -0.389. The summed E-state index contributed by atoms with van der Waals surface area (Å²) < 4.78 is 4.94. The Labute approximate surface area is 133 Å². The summed E-state index contributed by atoms with van der Waals surface area (Å²) in [5.41, 5.74) is 0.503. The first-order valence-electron chi connectivity index (χ1n) is 6.34. The van der Waals surface area contributed by atoms with Crippen LogP contribution in [-0.2, 0) is 15.1 Å². The van der Waals surface area contributed by atoms with Crippen molar-refractivity contribution in [3.05, 3.63) is 64.1 Å². The Morgan fingerprint density at radius 1 is 1.00 bits per heavy atom. The van der Waals surface area contributed by atoms with E-state index in [-0.39, 0.29) is 5.97 Å². The standard InChI is InChI=1S/C16H15Cl2NO2/c1-16(15(20)21-2,11-3-5-12(17)6-4-11)19-14-9-7-13(18)8-10-14/h3-10,19H,1-2H3. The van der Waals surface area contributed by atoms with E-state index in [9.17, 15) is 4.79 Å². The molecule has 110 valence electrons. The van der Waals surface area contributed by atoms with Crippen molar-refractivity contribution >= 4 is 34.9 Å². The van der Waals surface area contributed by atoms with Crippen LogP contribution in [0.25, 0.3) is 0 Å². The van der Waals surface area contributed by atoms with Crippen LogP contribution >= 0.6 is 23.2 Å². The number of carbonyl (C=O) groups excluding carboxylic acids is 1. The van der Waals surface area contributed by atoms with Crippen LogP contribution in [0.5, 0.6) is 0 Å². The highest BCUT2D eigenvalue weighted by Gasteiger charge is 2.36. The van der Waals surface area contributed by atoms with Gasteiger partial charge in [0.25, 0.3) is 0 Å². The number of anilines is 1. The number of halogens is 2. The van der Waals surface area contributed by atoms with Crippen LogP contribution in [-0.4, -0.2) is 13.1 Å². The van der Waals surface area contributed by atoms with Gasteiger partial charge in [-0.25, -0.2) is 4.79 Å². The lowest BCUT2D eigenvalue weighted by molar-refractivity contribution is -0.145. The fraction of sp³-hybridized carbons (Fsp3) is 0.188. The zero-order valence-electron chi connectivity index (χ0n) is 11.7. The third-order valence-corrected chi connectivity index (χ3v) is 3.76. The molecule has 3 nitrogen and oxygen atoms in total. The molecule has 0 radical (unpaired) electrons. The van der Waals surface area contributed by atoms with Crippen molar-refractivity contribution in [2.24, 2.45) is 0 Å². The molecule has 5 heteroatoms. The molecule has 0 aliphatic heterocycles. The lowest BCUT2D eigenvalue weighted by atomic mass is 9.91. The molecule has 0 spiro atoms. The minimum Gasteiger partial charge on any atom is -0.467 e. The molecule has 0 aromatic heterocycles. The third-order valence-electron chi connectivity index (χ3n) is 3.25. The zero-order chi connectivity index (χ0) is 15.5. The number of ether oxygens (including phenoxy) is 1. The van der Waals surface area contributed by atoms with E-state index < -0.39 is 5.54 Å². The molecule has 0 amide bonds. The Morgan fingerprint density at radius 3 is 1.95 bits per heavy atom. The second-order valence-electron chi connectivity index (χ2n) is 4.76. The first-order valence-corrected chi connectivity index (χ1v) is 7.09. The Bertz CT molecular complexity index is 626. The van der Waals surface area contributed by atoms with E-state index >= 15 is 0 Å². The Hall–Kier alpha value is -1.71. The lowest BCUT2D eigenvalue weighted by Crippen LogP contribution is -2.41. The van der Waals surface area contributed by atoms with Crippen molar-refractivity contribution in [1.29, 1.82) is 0 Å². The number of benzene rings is 2. The summed E-state index contributed by atoms with van der Waals surface area (Å²) in [6, 6.07) is 14.2. The highest BCUT2D eigenvalue weighted by Crippen LogP contribution is 2.29. The molecular formula is C16H15Cl2NO2. The minimum absolute atomic E-state index is 0.389. The molecule has 2 aromatic carbocycles. The molecule has 1 N–H and O–H groups in total. The molecule has 0 fully saturated rings. The molecule has 0 saturated carbocycles. The molecule has 1 unspecified atom stereocenters. The van der Waals surface area contributed by atoms with Crippen LogP contribution in [0, 0.1) is 0 Å². The van der Waals surface area contributed by atoms with Gasteiger partial charge in [-0.05, 0) is 48.9 Å². The minimum atomic E-state index is -1.02. The molecule has 0 saturated heterocycles. The fourth-order valence-electron chi connectivity index (χ4n) is 2.05. The van der Waals surface area contributed by atoms with Crippen molar-refractivity contribution in [3.63, 3.8) is 0 Å². The zero-order valence-corrected chi connectivity index (χ0v) is 13.2. The van der Waals surface area contributed by atoms with Gasteiger partial charge in [0.1, 0.15) is 0 Å². The van der Waals surface area contributed by atoms with Gasteiger partial charge >= 0.3 is 5.97 Å². The van der Waals surface area contributed by atoms with Gasteiger partial charge in [-0.1, -0.05) is 35.3 Å². The van der Waals surface area contributed by atoms with Crippen LogP contribution in [0.15, 0.2) is 48.5 Å². The van der Waals surface area contributed by atoms with Crippen LogP contribution in [0.2, 0.25) is 10.0 Å². The second kappa shape index (κ2) is 6.37. The number of hydrogen-bond acceptors (Lipinski definition) is 3. The van der Waals surface area contributed by atoms with Gasteiger partial charge in [0, 0.05) is 15.7 Å². The molecule has 0 aliphatic carbocycles. The highest BCUT2D eigenvalue weighted by molar-refractivity contribution is 6.30. The van der Waals surface area contributed by atoms with Gasteiger partial charge < -0.3 is 10.1 Å². The first kappa shape index (κ1) is 15.7. The Morgan fingerprint density at radius 2 is 1.48 bits per heavy atom. The van der Waals surface area contributed by atoms with Crippen molar-refractivity contribution in [3.8, 4) is 0 Å². The number of rotatable bonds is 4. The van der Waals surface area contributed by atoms with Gasteiger partial charge in [0.2, 0.25) is 0 Å². The van der Waals surface area contributed by atoms with Gasteiger partial charge in [-0.2, -0.15) is 0 Å². The molecule has 0 aliphatic rings. The third kappa shape index (κ3) is 3.49. The smallest absolute Gasteiger partial charge is 0.335 e. The number of nitrogens with one attached hydrogen (secondary N) is 1. The molecule has 2 rings (SSSR count). The summed E-state index contributed by atoms with van der Waals surface area (Å²) in [6.07, 6.45) is 0. The summed E-state index contributed by atoms with van der Waals surface area (Å²) in [6.45, 7) is 1.76. The van der Waals surface area contributed by atoms with Crippen molar-refractivity contribution in [2.75, 3.05) is 12.4 Å². The number of esters is 1. The van der Waals surface area contributed by atoms with Crippen LogP contribution in [0.4, 0.5) is 5.69 Å². The van der Waals surface area contributed by atoms with Crippen LogP contribution < -0.4 is 5.32 Å². The maximum absolute atomic E-state index is 12.2. The first-order chi connectivity index (χ1) is 9.95. The predicted octanol–water partition coefficient (Wildman–Crippen LogP) is 4.49. The average Bonchev–Trinajstić information content (AvgIpc) is 2.49. The van der Waals surface area contributed by atoms with E-state index in [4.69, 9.17) is 27.9 Å². The Kier molecular flexibility index (Phi) is 4.76. The number of hydrogen-bond donors (Lipinski definition) is 1. The quantitative estimate of drug-likeness (QED) is 0.842. The molecule has 2 aromatic rings. The largest absolute Gasteiger partial charge is 0.467 e. The molecule has 0 heterocycles. The molecule has 0 bridgehead atoms. The van der Waals surface area contributed by atoms with Crippen LogP contribution in [0.3, 0.4) is 0 Å². The van der Waals surface area contributed by atoms with Gasteiger partial charge in [0.05, 0.1) is 7.11 Å². The highest BCUT2D eigenvalue weighted by atomic mass is 35.5. The normalized spacial score (nSPS) is 13.3. The molecular weight excluding hydrogens is 309 g/mol. The topological polar surface area (TPSA) is 38.3 Å². The van der Waals surface area contributed by atoms with E-state index in [1.54, 1.807) is 55.5 Å². The number of carbonyl (C=O) groups is 1. The second-order valence-corrected chi connectivity index (χ2v) is 5.63.